The molecule has 0 bridgehead atoms. The largest absolute Gasteiger partial charge is 0.481 e. The quantitative estimate of drug-likeness (QED) is 0.666. The first-order chi connectivity index (χ1) is 8.85. The predicted octanol–water partition coefficient (Wildman–Crippen LogP) is 0.0660. The van der Waals surface area contributed by atoms with Gasteiger partial charge in [0.1, 0.15) is 0 Å². The zero-order valence-corrected chi connectivity index (χ0v) is 11.7. The van der Waals surface area contributed by atoms with Crippen LogP contribution in [0.5, 0.6) is 0 Å². The molecule has 1 heterocycles. The van der Waals surface area contributed by atoms with E-state index >= 15 is 0 Å². The Morgan fingerprint density at radius 3 is 2.68 bits per heavy atom. The zero-order chi connectivity index (χ0) is 14.5. The van der Waals surface area contributed by atoms with E-state index in [1.165, 1.54) is 4.31 Å². The highest BCUT2D eigenvalue weighted by atomic mass is 32.2. The lowest BCUT2D eigenvalue weighted by Gasteiger charge is -2.15. The average Bonchev–Trinajstić information content (AvgIpc) is 2.75. The van der Waals surface area contributed by atoms with Gasteiger partial charge in [-0.15, -0.1) is 0 Å². The molecule has 1 saturated heterocycles. The fourth-order valence-electron chi connectivity index (χ4n) is 2.06. The Labute approximate surface area is 112 Å². The van der Waals surface area contributed by atoms with Gasteiger partial charge in [0.15, 0.2) is 5.75 Å². The Morgan fingerprint density at radius 1 is 1.42 bits per heavy atom. The van der Waals surface area contributed by atoms with Crippen molar-refractivity contribution in [2.75, 3.05) is 25.4 Å². The molecule has 0 aromatic rings. The molecule has 19 heavy (non-hydrogen) atoms. The summed E-state index contributed by atoms with van der Waals surface area (Å²) in [6, 6.07) is 0. The van der Waals surface area contributed by atoms with E-state index in [0.29, 0.717) is 19.4 Å². The van der Waals surface area contributed by atoms with Gasteiger partial charge in [-0.25, -0.2) is 12.7 Å². The third kappa shape index (κ3) is 5.15. The molecular formula is C11H19NO6S. The van der Waals surface area contributed by atoms with Crippen LogP contribution in [0.25, 0.3) is 0 Å². The highest BCUT2D eigenvalue weighted by Crippen LogP contribution is 2.23. The van der Waals surface area contributed by atoms with Gasteiger partial charge < -0.3 is 9.84 Å². The van der Waals surface area contributed by atoms with E-state index in [1.54, 1.807) is 6.92 Å². The Bertz CT molecular complexity index is 432. The fourth-order valence-corrected chi connectivity index (χ4v) is 3.44. The third-order valence-electron chi connectivity index (χ3n) is 3.01. The van der Waals surface area contributed by atoms with E-state index in [0.717, 1.165) is 0 Å². The van der Waals surface area contributed by atoms with Gasteiger partial charge in [0, 0.05) is 19.5 Å². The van der Waals surface area contributed by atoms with Crippen molar-refractivity contribution in [3.8, 4) is 0 Å². The number of hydrogen-bond donors (Lipinski definition) is 1. The van der Waals surface area contributed by atoms with Crippen LogP contribution in [0.3, 0.4) is 0 Å². The van der Waals surface area contributed by atoms with Gasteiger partial charge in [-0.1, -0.05) is 0 Å². The van der Waals surface area contributed by atoms with Gasteiger partial charge in [-0.2, -0.15) is 0 Å². The van der Waals surface area contributed by atoms with Crippen molar-refractivity contribution in [1.29, 1.82) is 0 Å². The van der Waals surface area contributed by atoms with E-state index in [2.05, 4.69) is 4.74 Å². The van der Waals surface area contributed by atoms with Crippen LogP contribution >= 0.6 is 0 Å². The number of carboxylic acids is 1. The number of carbonyl (C=O) groups is 2. The first kappa shape index (κ1) is 15.9. The summed E-state index contributed by atoms with van der Waals surface area (Å²) in [5.41, 5.74) is 0. The number of hydrogen-bond acceptors (Lipinski definition) is 5. The number of aliphatic carboxylic acids is 1. The van der Waals surface area contributed by atoms with E-state index in [4.69, 9.17) is 5.11 Å². The smallest absolute Gasteiger partial charge is 0.322 e. The molecule has 0 amide bonds. The van der Waals surface area contributed by atoms with Crippen molar-refractivity contribution in [1.82, 2.24) is 4.31 Å². The minimum Gasteiger partial charge on any atom is -0.481 e. The van der Waals surface area contributed by atoms with Crippen LogP contribution in [0.4, 0.5) is 0 Å². The van der Waals surface area contributed by atoms with Crippen LogP contribution in [0.15, 0.2) is 0 Å². The van der Waals surface area contributed by atoms with Crippen LogP contribution in [0, 0.1) is 5.92 Å². The van der Waals surface area contributed by atoms with Gasteiger partial charge in [-0.05, 0) is 25.7 Å². The summed E-state index contributed by atoms with van der Waals surface area (Å²) in [6.07, 6.45) is 1.13. The second kappa shape index (κ2) is 6.85. The number of esters is 1. The van der Waals surface area contributed by atoms with Crippen LogP contribution in [0.1, 0.15) is 26.2 Å². The zero-order valence-electron chi connectivity index (χ0n) is 10.9. The summed E-state index contributed by atoms with van der Waals surface area (Å²) in [5.74, 6) is -2.23. The van der Waals surface area contributed by atoms with Gasteiger partial charge in [0.25, 0.3) is 0 Å². The molecule has 0 aromatic carbocycles. The Kier molecular flexibility index (Phi) is 5.74. The Hall–Kier alpha value is -1.15. The fraction of sp³-hybridized carbons (Fsp3) is 0.818. The molecule has 1 unspecified atom stereocenters. The van der Waals surface area contributed by atoms with E-state index in [1.807, 2.05) is 0 Å². The molecule has 0 aliphatic carbocycles. The minimum atomic E-state index is -3.64. The number of carbonyl (C=O) groups excluding carboxylic acids is 1. The van der Waals surface area contributed by atoms with Crippen molar-refractivity contribution >= 4 is 22.0 Å². The SMILES string of the molecule is CCOC(=O)CS(=O)(=O)N1CCC(CCC(=O)O)C1. The Balaban J connectivity index is 2.48. The first-order valence-corrected chi connectivity index (χ1v) is 7.81. The lowest BCUT2D eigenvalue weighted by atomic mass is 10.0. The molecule has 8 heteroatoms. The van der Waals surface area contributed by atoms with Crippen molar-refractivity contribution in [3.05, 3.63) is 0 Å². The molecule has 1 fully saturated rings. The first-order valence-electron chi connectivity index (χ1n) is 6.20. The normalized spacial score (nSPS) is 20.4. The van der Waals surface area contributed by atoms with Crippen LogP contribution in [-0.4, -0.2) is 55.2 Å². The number of carboxylic acid groups (broad SMARTS) is 1. The minimum absolute atomic E-state index is 0.0381. The Morgan fingerprint density at radius 2 is 2.11 bits per heavy atom. The van der Waals surface area contributed by atoms with Gasteiger partial charge in [0.05, 0.1) is 6.61 Å². The predicted molar refractivity (Wildman–Crippen MR) is 67.0 cm³/mol. The molecule has 0 saturated carbocycles. The van der Waals surface area contributed by atoms with Gasteiger partial charge in [0.2, 0.25) is 10.0 Å². The number of ether oxygens (including phenoxy) is 1. The maximum absolute atomic E-state index is 11.9. The number of nitrogens with zero attached hydrogens (tertiary/aromatic N) is 1. The summed E-state index contributed by atoms with van der Waals surface area (Å²) in [7, 11) is -3.64. The summed E-state index contributed by atoms with van der Waals surface area (Å²) in [5, 5.41) is 8.58. The maximum Gasteiger partial charge on any atom is 0.322 e. The van der Waals surface area contributed by atoms with Gasteiger partial charge >= 0.3 is 11.9 Å². The number of sulfonamides is 1. The lowest BCUT2D eigenvalue weighted by Crippen LogP contribution is -2.34. The van der Waals surface area contributed by atoms with Crippen molar-refractivity contribution in [2.24, 2.45) is 5.92 Å². The van der Waals surface area contributed by atoms with E-state index < -0.39 is 27.7 Å². The molecule has 0 spiro atoms. The standard InChI is InChI=1S/C11H19NO6S/c1-2-18-11(15)8-19(16,17)12-6-5-9(7-12)3-4-10(13)14/h9H,2-8H2,1H3,(H,13,14). The lowest BCUT2D eigenvalue weighted by molar-refractivity contribution is -0.140. The van der Waals surface area contributed by atoms with Crippen molar-refractivity contribution < 1.29 is 27.9 Å². The second-order valence-electron chi connectivity index (χ2n) is 4.51. The molecular weight excluding hydrogens is 274 g/mol. The average molecular weight is 293 g/mol. The molecule has 1 aliphatic rings. The second-order valence-corrected chi connectivity index (χ2v) is 6.48. The van der Waals surface area contributed by atoms with Gasteiger partial charge in [-0.3, -0.25) is 9.59 Å². The van der Waals surface area contributed by atoms with E-state index in [9.17, 15) is 18.0 Å². The molecule has 7 nitrogen and oxygen atoms in total. The molecule has 0 radical (unpaired) electrons. The molecule has 1 atom stereocenters. The topological polar surface area (TPSA) is 101 Å². The molecule has 1 aliphatic heterocycles. The van der Waals surface area contributed by atoms with Crippen LogP contribution in [0.2, 0.25) is 0 Å². The van der Waals surface area contributed by atoms with Crippen molar-refractivity contribution in [3.63, 3.8) is 0 Å². The summed E-state index contributed by atoms with van der Waals surface area (Å²) in [4.78, 5) is 21.7. The molecule has 1 rings (SSSR count). The summed E-state index contributed by atoms with van der Waals surface area (Å²) < 4.78 is 29.7. The maximum atomic E-state index is 11.9. The molecule has 0 aromatic heterocycles. The van der Waals surface area contributed by atoms with Crippen molar-refractivity contribution in [2.45, 2.75) is 26.2 Å². The number of rotatable bonds is 7. The summed E-state index contributed by atoms with van der Waals surface area (Å²) >= 11 is 0. The third-order valence-corrected chi connectivity index (χ3v) is 4.73. The highest BCUT2D eigenvalue weighted by Gasteiger charge is 2.33. The van der Waals surface area contributed by atoms with E-state index in [-0.39, 0.29) is 25.5 Å². The van der Waals surface area contributed by atoms with Crippen LogP contribution < -0.4 is 0 Å². The monoisotopic (exact) mass is 293 g/mol. The summed E-state index contributed by atoms with van der Waals surface area (Å²) in [6.45, 7) is 2.39. The van der Waals surface area contributed by atoms with Crippen LogP contribution in [-0.2, 0) is 24.3 Å². The molecule has 110 valence electrons. The highest BCUT2D eigenvalue weighted by molar-refractivity contribution is 7.89. The molecule has 1 N–H and O–H groups in total.